The van der Waals surface area contributed by atoms with E-state index in [9.17, 15) is 9.90 Å². The lowest BCUT2D eigenvalue weighted by Gasteiger charge is -2.34. The van der Waals surface area contributed by atoms with Gasteiger partial charge in [-0.2, -0.15) is 0 Å². The maximum absolute atomic E-state index is 11.7. The van der Waals surface area contributed by atoms with Gasteiger partial charge in [0.2, 0.25) is 0 Å². The first-order valence-corrected chi connectivity index (χ1v) is 7.11. The molecule has 3 rings (SSSR count). The Morgan fingerprint density at radius 2 is 2.50 bits per heavy atom. The third-order valence-electron chi connectivity index (χ3n) is 4.45. The van der Waals surface area contributed by atoms with Crippen molar-refractivity contribution in [1.82, 2.24) is 9.88 Å². The van der Waals surface area contributed by atoms with Crippen LogP contribution >= 0.6 is 11.6 Å². The number of likely N-dealkylation sites (tertiary alicyclic amines) is 1. The van der Waals surface area contributed by atoms with E-state index in [0.717, 1.165) is 12.1 Å². The van der Waals surface area contributed by atoms with Crippen LogP contribution in [0.5, 0.6) is 0 Å². The molecule has 2 aliphatic heterocycles. The summed E-state index contributed by atoms with van der Waals surface area (Å²) in [5.74, 6) is -0.636. The van der Waals surface area contributed by atoms with Crippen molar-refractivity contribution in [2.75, 3.05) is 26.3 Å². The number of pyridine rings is 1. The van der Waals surface area contributed by atoms with Crippen LogP contribution in [-0.2, 0) is 16.1 Å². The first kappa shape index (κ1) is 13.8. The third kappa shape index (κ3) is 2.30. The molecule has 0 aromatic carbocycles. The molecule has 108 valence electrons. The number of carbonyl (C=O) groups is 1. The van der Waals surface area contributed by atoms with Crippen LogP contribution in [0.4, 0.5) is 0 Å². The highest BCUT2D eigenvalue weighted by molar-refractivity contribution is 6.31. The SMILES string of the molecule is O=C(O)[C@]12CCOC[C@H]1CN(Cc1ccncc1Cl)C2. The molecule has 2 saturated heterocycles. The number of aromatic nitrogens is 1. The third-order valence-corrected chi connectivity index (χ3v) is 4.79. The molecule has 0 saturated carbocycles. The molecule has 0 amide bonds. The summed E-state index contributed by atoms with van der Waals surface area (Å²) in [6.07, 6.45) is 3.92. The molecule has 2 atom stereocenters. The molecule has 0 bridgehead atoms. The molecule has 5 nitrogen and oxygen atoms in total. The van der Waals surface area contributed by atoms with E-state index in [1.165, 1.54) is 0 Å². The number of rotatable bonds is 3. The molecule has 6 heteroatoms. The second-order valence-corrected chi connectivity index (χ2v) is 6.03. The first-order chi connectivity index (χ1) is 9.62. The number of hydrogen-bond acceptors (Lipinski definition) is 4. The summed E-state index contributed by atoms with van der Waals surface area (Å²) in [6, 6.07) is 1.88. The predicted octanol–water partition coefficient (Wildman–Crippen LogP) is 1.66. The van der Waals surface area contributed by atoms with Crippen molar-refractivity contribution >= 4 is 17.6 Å². The predicted molar refractivity (Wildman–Crippen MR) is 73.5 cm³/mol. The number of aliphatic carboxylic acids is 1. The zero-order chi connectivity index (χ0) is 14.2. The van der Waals surface area contributed by atoms with E-state index in [-0.39, 0.29) is 5.92 Å². The van der Waals surface area contributed by atoms with E-state index >= 15 is 0 Å². The normalized spacial score (nSPS) is 30.1. The fourth-order valence-corrected chi connectivity index (χ4v) is 3.48. The zero-order valence-electron chi connectivity index (χ0n) is 11.1. The number of carboxylic acids is 1. The molecule has 2 aliphatic rings. The molecule has 20 heavy (non-hydrogen) atoms. The zero-order valence-corrected chi connectivity index (χ0v) is 11.8. The highest BCUT2D eigenvalue weighted by Gasteiger charge is 2.53. The van der Waals surface area contributed by atoms with Crippen molar-refractivity contribution < 1.29 is 14.6 Å². The summed E-state index contributed by atoms with van der Waals surface area (Å²) in [6.45, 7) is 3.03. The van der Waals surface area contributed by atoms with Crippen molar-refractivity contribution in [1.29, 1.82) is 0 Å². The molecule has 0 aliphatic carbocycles. The van der Waals surface area contributed by atoms with Crippen molar-refractivity contribution in [3.8, 4) is 0 Å². The van der Waals surface area contributed by atoms with Gasteiger partial charge < -0.3 is 9.84 Å². The second kappa shape index (κ2) is 5.31. The summed E-state index contributed by atoms with van der Waals surface area (Å²) in [7, 11) is 0. The van der Waals surface area contributed by atoms with E-state index in [4.69, 9.17) is 16.3 Å². The molecule has 1 aromatic rings. The molecule has 3 heterocycles. The van der Waals surface area contributed by atoms with Gasteiger partial charge in [0.25, 0.3) is 0 Å². The van der Waals surface area contributed by atoms with E-state index in [2.05, 4.69) is 9.88 Å². The van der Waals surface area contributed by atoms with Crippen LogP contribution in [0.2, 0.25) is 5.02 Å². The minimum atomic E-state index is -0.700. The topological polar surface area (TPSA) is 62.7 Å². The van der Waals surface area contributed by atoms with Crippen LogP contribution in [0.3, 0.4) is 0 Å². The van der Waals surface area contributed by atoms with Gasteiger partial charge in [0.05, 0.1) is 17.0 Å². The molecule has 1 N–H and O–H groups in total. The van der Waals surface area contributed by atoms with Crippen LogP contribution in [0.25, 0.3) is 0 Å². The Hall–Kier alpha value is -1.17. The molecule has 0 spiro atoms. The van der Waals surface area contributed by atoms with Crippen molar-refractivity contribution in [2.45, 2.75) is 13.0 Å². The molecule has 0 unspecified atom stereocenters. The van der Waals surface area contributed by atoms with Gasteiger partial charge in [0.1, 0.15) is 0 Å². The molecular weight excluding hydrogens is 280 g/mol. The number of halogens is 1. The standard InChI is InChI=1S/C14H17ClN2O3/c15-12-5-16-3-1-10(12)6-17-7-11-8-20-4-2-14(11,9-17)13(18)19/h1,3,5,11H,2,4,6-9H2,(H,18,19)/t11-,14+/m1/s1. The minimum absolute atomic E-state index is 0.0642. The van der Waals surface area contributed by atoms with Crippen LogP contribution < -0.4 is 0 Å². The van der Waals surface area contributed by atoms with Gasteiger partial charge in [-0.15, -0.1) is 0 Å². The van der Waals surface area contributed by atoms with Crippen molar-refractivity contribution in [3.05, 3.63) is 29.0 Å². The summed E-state index contributed by atoms with van der Waals surface area (Å²) >= 11 is 6.12. The average molecular weight is 297 g/mol. The van der Waals surface area contributed by atoms with E-state index in [1.807, 2.05) is 6.07 Å². The summed E-state index contributed by atoms with van der Waals surface area (Å²) < 4.78 is 5.45. The van der Waals surface area contributed by atoms with Gasteiger partial charge in [0, 0.05) is 44.6 Å². The van der Waals surface area contributed by atoms with Gasteiger partial charge >= 0.3 is 5.97 Å². The Labute approximate surface area is 122 Å². The Balaban J connectivity index is 1.78. The fraction of sp³-hybridized carbons (Fsp3) is 0.571. The Morgan fingerprint density at radius 1 is 1.65 bits per heavy atom. The van der Waals surface area contributed by atoms with Crippen LogP contribution in [-0.4, -0.2) is 47.3 Å². The van der Waals surface area contributed by atoms with E-state index < -0.39 is 11.4 Å². The van der Waals surface area contributed by atoms with Crippen molar-refractivity contribution in [3.63, 3.8) is 0 Å². The minimum Gasteiger partial charge on any atom is -0.481 e. The fourth-order valence-electron chi connectivity index (χ4n) is 3.30. The monoisotopic (exact) mass is 296 g/mol. The summed E-state index contributed by atoms with van der Waals surface area (Å²) in [4.78, 5) is 17.8. The smallest absolute Gasteiger partial charge is 0.311 e. The molecule has 2 fully saturated rings. The lowest BCUT2D eigenvalue weighted by atomic mass is 9.74. The highest BCUT2D eigenvalue weighted by Crippen LogP contribution is 2.43. The highest BCUT2D eigenvalue weighted by atomic mass is 35.5. The van der Waals surface area contributed by atoms with Gasteiger partial charge in [-0.3, -0.25) is 14.7 Å². The lowest BCUT2D eigenvalue weighted by Crippen LogP contribution is -2.44. The molecule has 0 radical (unpaired) electrons. The number of carboxylic acid groups (broad SMARTS) is 1. The summed E-state index contributed by atoms with van der Waals surface area (Å²) in [5, 5.41) is 10.2. The maximum Gasteiger partial charge on any atom is 0.311 e. The van der Waals surface area contributed by atoms with E-state index in [0.29, 0.717) is 37.7 Å². The number of nitrogens with zero attached hydrogens (tertiary/aromatic N) is 2. The van der Waals surface area contributed by atoms with Gasteiger partial charge in [0.15, 0.2) is 0 Å². The number of hydrogen-bond donors (Lipinski definition) is 1. The number of ether oxygens (including phenoxy) is 1. The number of fused-ring (bicyclic) bond motifs is 1. The Kier molecular flexibility index (Phi) is 3.67. The van der Waals surface area contributed by atoms with E-state index in [1.54, 1.807) is 12.4 Å². The van der Waals surface area contributed by atoms with Crippen LogP contribution in [0, 0.1) is 11.3 Å². The Bertz CT molecular complexity index is 525. The second-order valence-electron chi connectivity index (χ2n) is 5.62. The summed E-state index contributed by atoms with van der Waals surface area (Å²) in [5.41, 5.74) is 0.333. The molecule has 1 aromatic heterocycles. The average Bonchev–Trinajstić information content (AvgIpc) is 2.81. The van der Waals surface area contributed by atoms with Gasteiger partial charge in [-0.1, -0.05) is 11.6 Å². The van der Waals surface area contributed by atoms with Crippen LogP contribution in [0.15, 0.2) is 18.5 Å². The molecular formula is C14H17ClN2O3. The Morgan fingerprint density at radius 3 is 3.20 bits per heavy atom. The quantitative estimate of drug-likeness (QED) is 0.919. The van der Waals surface area contributed by atoms with Gasteiger partial charge in [-0.05, 0) is 18.1 Å². The van der Waals surface area contributed by atoms with Gasteiger partial charge in [-0.25, -0.2) is 0 Å². The maximum atomic E-state index is 11.7. The van der Waals surface area contributed by atoms with Crippen LogP contribution in [0.1, 0.15) is 12.0 Å². The lowest BCUT2D eigenvalue weighted by molar-refractivity contribution is -0.157. The largest absolute Gasteiger partial charge is 0.481 e. The first-order valence-electron chi connectivity index (χ1n) is 6.74. The van der Waals surface area contributed by atoms with Crippen molar-refractivity contribution in [2.24, 2.45) is 11.3 Å².